The van der Waals surface area contributed by atoms with Crippen molar-refractivity contribution in [2.45, 2.75) is 32.4 Å². The van der Waals surface area contributed by atoms with Crippen molar-refractivity contribution in [2.24, 2.45) is 0 Å². The second-order valence-electron chi connectivity index (χ2n) is 6.47. The molecule has 126 valence electrons. The fourth-order valence-corrected chi connectivity index (χ4v) is 3.51. The second kappa shape index (κ2) is 6.16. The summed E-state index contributed by atoms with van der Waals surface area (Å²) in [5.41, 5.74) is 1.89. The fourth-order valence-electron chi connectivity index (χ4n) is 3.51. The minimum Gasteiger partial charge on any atom is -0.308 e. The molecule has 3 aromatic rings. The average molecular weight is 333 g/mol. The van der Waals surface area contributed by atoms with E-state index in [0.717, 1.165) is 23.9 Å². The Morgan fingerprint density at radius 2 is 1.92 bits per heavy atom. The van der Waals surface area contributed by atoms with Gasteiger partial charge in [0.15, 0.2) is 0 Å². The molecule has 0 fully saturated rings. The van der Waals surface area contributed by atoms with E-state index in [9.17, 15) is 9.59 Å². The van der Waals surface area contributed by atoms with Crippen LogP contribution in [-0.4, -0.2) is 21.7 Å². The minimum absolute atomic E-state index is 0.0532. The molecule has 4 rings (SSSR count). The van der Waals surface area contributed by atoms with Crippen molar-refractivity contribution < 1.29 is 4.79 Å². The van der Waals surface area contributed by atoms with Crippen LogP contribution in [0.5, 0.6) is 0 Å². The number of para-hydroxylation sites is 1. The molecular weight excluding hydrogens is 314 g/mol. The predicted octanol–water partition coefficient (Wildman–Crippen LogP) is 2.76. The van der Waals surface area contributed by atoms with Crippen LogP contribution in [0.3, 0.4) is 0 Å². The van der Waals surface area contributed by atoms with E-state index in [1.54, 1.807) is 12.3 Å². The number of benzene rings is 2. The smallest absolute Gasteiger partial charge is 0.275 e. The van der Waals surface area contributed by atoms with E-state index in [4.69, 9.17) is 0 Å². The second-order valence-corrected chi connectivity index (χ2v) is 6.47. The van der Waals surface area contributed by atoms with Crippen LogP contribution < -0.4 is 10.5 Å². The first-order valence-electron chi connectivity index (χ1n) is 8.50. The lowest BCUT2D eigenvalue weighted by molar-refractivity contribution is -0.120. The summed E-state index contributed by atoms with van der Waals surface area (Å²) in [6.07, 6.45) is 3.52. The molecule has 2 heterocycles. The number of nitrogens with zero attached hydrogens (tertiary/aromatic N) is 3. The number of aryl methyl sites for hydroxylation is 1. The van der Waals surface area contributed by atoms with Gasteiger partial charge in [-0.2, -0.15) is 5.10 Å². The highest BCUT2D eigenvalue weighted by atomic mass is 16.2. The van der Waals surface area contributed by atoms with Crippen molar-refractivity contribution in [3.63, 3.8) is 0 Å². The van der Waals surface area contributed by atoms with E-state index in [-0.39, 0.29) is 24.1 Å². The van der Waals surface area contributed by atoms with Gasteiger partial charge in [-0.15, -0.1) is 0 Å². The molecule has 1 aliphatic heterocycles. The summed E-state index contributed by atoms with van der Waals surface area (Å²) in [5.74, 6) is -0.107. The summed E-state index contributed by atoms with van der Waals surface area (Å²) < 4.78 is 1.26. The third-order valence-corrected chi connectivity index (χ3v) is 4.84. The number of amides is 1. The van der Waals surface area contributed by atoms with Crippen LogP contribution >= 0.6 is 0 Å². The Kier molecular flexibility index (Phi) is 3.84. The maximum atomic E-state index is 13.0. The lowest BCUT2D eigenvalue weighted by Gasteiger charge is -2.35. The topological polar surface area (TPSA) is 55.2 Å². The van der Waals surface area contributed by atoms with Gasteiger partial charge in [-0.25, -0.2) is 4.68 Å². The van der Waals surface area contributed by atoms with E-state index < -0.39 is 0 Å². The standard InChI is InChI=1S/C20H19N3O2/c1-14-10-11-15-6-3-5-9-18(15)23(14)19(24)13-22-20(25)17-8-4-2-7-16(17)12-21-22/h2-9,12,14H,10-11,13H2,1H3. The Hall–Kier alpha value is -2.95. The Morgan fingerprint density at radius 1 is 1.16 bits per heavy atom. The summed E-state index contributed by atoms with van der Waals surface area (Å²) in [5, 5.41) is 5.54. The predicted molar refractivity (Wildman–Crippen MR) is 97.7 cm³/mol. The van der Waals surface area contributed by atoms with Gasteiger partial charge in [0.2, 0.25) is 5.91 Å². The third-order valence-electron chi connectivity index (χ3n) is 4.84. The summed E-state index contributed by atoms with van der Waals surface area (Å²) >= 11 is 0. The highest BCUT2D eigenvalue weighted by Crippen LogP contribution is 2.30. The number of anilines is 1. The molecule has 1 aromatic heterocycles. The van der Waals surface area contributed by atoms with E-state index in [0.29, 0.717) is 5.39 Å². The Balaban J connectivity index is 1.69. The Morgan fingerprint density at radius 3 is 2.80 bits per heavy atom. The fraction of sp³-hybridized carbons (Fsp3) is 0.250. The first-order chi connectivity index (χ1) is 12.1. The van der Waals surface area contributed by atoms with Crippen LogP contribution in [0.25, 0.3) is 10.8 Å². The lowest BCUT2D eigenvalue weighted by Crippen LogP contribution is -2.45. The summed E-state index contributed by atoms with van der Waals surface area (Å²) in [6, 6.07) is 15.4. The maximum Gasteiger partial charge on any atom is 0.275 e. The molecule has 1 amide bonds. The summed E-state index contributed by atoms with van der Waals surface area (Å²) in [7, 11) is 0. The van der Waals surface area contributed by atoms with Crippen LogP contribution in [0, 0.1) is 0 Å². The largest absolute Gasteiger partial charge is 0.308 e. The summed E-state index contributed by atoms with van der Waals surface area (Å²) in [4.78, 5) is 27.4. The van der Waals surface area contributed by atoms with Gasteiger partial charge in [0.1, 0.15) is 6.54 Å². The zero-order valence-electron chi connectivity index (χ0n) is 14.1. The van der Waals surface area contributed by atoms with Crippen LogP contribution in [-0.2, 0) is 17.8 Å². The molecule has 0 bridgehead atoms. The molecule has 5 heteroatoms. The molecule has 0 N–H and O–H groups in total. The van der Waals surface area contributed by atoms with Crippen LogP contribution in [0.2, 0.25) is 0 Å². The van der Waals surface area contributed by atoms with Gasteiger partial charge in [-0.05, 0) is 37.5 Å². The molecule has 0 spiro atoms. The van der Waals surface area contributed by atoms with E-state index in [1.165, 1.54) is 10.2 Å². The van der Waals surface area contributed by atoms with Gasteiger partial charge in [-0.1, -0.05) is 36.4 Å². The van der Waals surface area contributed by atoms with Crippen LogP contribution in [0.4, 0.5) is 5.69 Å². The molecule has 1 aliphatic rings. The van der Waals surface area contributed by atoms with E-state index in [2.05, 4.69) is 11.2 Å². The molecule has 5 nitrogen and oxygen atoms in total. The molecular formula is C20H19N3O2. The van der Waals surface area contributed by atoms with Crippen molar-refractivity contribution >= 4 is 22.4 Å². The first-order valence-corrected chi connectivity index (χ1v) is 8.50. The van der Waals surface area contributed by atoms with Crippen molar-refractivity contribution in [3.8, 4) is 0 Å². The van der Waals surface area contributed by atoms with Crippen LogP contribution in [0.15, 0.2) is 59.5 Å². The molecule has 0 saturated carbocycles. The highest BCUT2D eigenvalue weighted by Gasteiger charge is 2.28. The van der Waals surface area contributed by atoms with Gasteiger partial charge >= 0.3 is 0 Å². The molecule has 2 aromatic carbocycles. The molecule has 0 radical (unpaired) electrons. The zero-order chi connectivity index (χ0) is 17.4. The number of aromatic nitrogens is 2. The molecule has 1 atom stereocenters. The van der Waals surface area contributed by atoms with Crippen molar-refractivity contribution in [3.05, 3.63) is 70.6 Å². The van der Waals surface area contributed by atoms with Gasteiger partial charge in [0.05, 0.1) is 11.6 Å². The van der Waals surface area contributed by atoms with Gasteiger partial charge in [0.25, 0.3) is 5.56 Å². The number of hydrogen-bond acceptors (Lipinski definition) is 3. The van der Waals surface area contributed by atoms with Gasteiger partial charge in [0, 0.05) is 17.1 Å². The number of rotatable bonds is 2. The van der Waals surface area contributed by atoms with Crippen molar-refractivity contribution in [2.75, 3.05) is 4.90 Å². The quantitative estimate of drug-likeness (QED) is 0.724. The monoisotopic (exact) mass is 333 g/mol. The lowest BCUT2D eigenvalue weighted by atomic mass is 9.96. The normalized spacial score (nSPS) is 16.7. The Bertz CT molecular complexity index is 1010. The number of carbonyl (C=O) groups excluding carboxylic acids is 1. The minimum atomic E-state index is -0.232. The van der Waals surface area contributed by atoms with E-state index in [1.807, 2.05) is 48.2 Å². The van der Waals surface area contributed by atoms with E-state index >= 15 is 0 Å². The third kappa shape index (κ3) is 2.71. The number of fused-ring (bicyclic) bond motifs is 2. The average Bonchev–Trinajstić information content (AvgIpc) is 2.64. The SMILES string of the molecule is CC1CCc2ccccc2N1C(=O)Cn1ncc2ccccc2c1=O. The molecule has 0 aliphatic carbocycles. The van der Waals surface area contributed by atoms with Gasteiger partial charge in [-0.3, -0.25) is 9.59 Å². The first kappa shape index (κ1) is 15.6. The van der Waals surface area contributed by atoms with Crippen LogP contribution in [0.1, 0.15) is 18.9 Å². The highest BCUT2D eigenvalue weighted by molar-refractivity contribution is 5.95. The maximum absolute atomic E-state index is 13.0. The zero-order valence-corrected chi connectivity index (χ0v) is 14.1. The Labute approximate surface area is 145 Å². The number of carbonyl (C=O) groups is 1. The molecule has 25 heavy (non-hydrogen) atoms. The molecule has 0 saturated heterocycles. The van der Waals surface area contributed by atoms with Gasteiger partial charge < -0.3 is 4.90 Å². The van der Waals surface area contributed by atoms with Crippen molar-refractivity contribution in [1.82, 2.24) is 9.78 Å². The number of hydrogen-bond donors (Lipinski definition) is 0. The molecule has 1 unspecified atom stereocenters. The summed E-state index contributed by atoms with van der Waals surface area (Å²) in [6.45, 7) is 1.99. The van der Waals surface area contributed by atoms with Crippen molar-refractivity contribution in [1.29, 1.82) is 0 Å².